The molecule has 0 unspecified atom stereocenters. The molecule has 0 spiro atoms. The number of hydrogen-bond acceptors (Lipinski definition) is 4. The average Bonchev–Trinajstić information content (AvgIpc) is 2.39. The lowest BCUT2D eigenvalue weighted by molar-refractivity contribution is 0.102. The standard InChI is InChI=1S/C12H11FN4O/c1-14-11-9(3-2-4-10(11)13)12(18)17-8-5-15-7-16-6-8/h2-7,14H,1H3,(H,17,18). The van der Waals surface area contributed by atoms with Crippen molar-refractivity contribution in [1.82, 2.24) is 9.97 Å². The molecule has 92 valence electrons. The average molecular weight is 246 g/mol. The minimum atomic E-state index is -0.477. The number of benzene rings is 1. The zero-order chi connectivity index (χ0) is 13.0. The number of nitrogens with zero attached hydrogens (tertiary/aromatic N) is 2. The van der Waals surface area contributed by atoms with E-state index in [9.17, 15) is 9.18 Å². The van der Waals surface area contributed by atoms with Gasteiger partial charge in [-0.3, -0.25) is 4.79 Å². The fraction of sp³-hybridized carbons (Fsp3) is 0.0833. The topological polar surface area (TPSA) is 66.9 Å². The third-order valence-electron chi connectivity index (χ3n) is 2.33. The number of anilines is 2. The monoisotopic (exact) mass is 246 g/mol. The van der Waals surface area contributed by atoms with Crippen LogP contribution in [-0.4, -0.2) is 22.9 Å². The summed E-state index contributed by atoms with van der Waals surface area (Å²) in [6, 6.07) is 4.30. The van der Waals surface area contributed by atoms with Crippen LogP contribution in [0.15, 0.2) is 36.9 Å². The van der Waals surface area contributed by atoms with Gasteiger partial charge in [0.25, 0.3) is 5.91 Å². The van der Waals surface area contributed by atoms with Crippen molar-refractivity contribution in [3.8, 4) is 0 Å². The summed E-state index contributed by atoms with van der Waals surface area (Å²) >= 11 is 0. The molecule has 5 nitrogen and oxygen atoms in total. The number of rotatable bonds is 3. The van der Waals surface area contributed by atoms with E-state index in [4.69, 9.17) is 0 Å². The first kappa shape index (κ1) is 12.0. The van der Waals surface area contributed by atoms with Crippen molar-refractivity contribution in [2.75, 3.05) is 17.7 Å². The molecule has 2 N–H and O–H groups in total. The highest BCUT2D eigenvalue weighted by molar-refractivity contribution is 6.07. The molecule has 1 aromatic carbocycles. The van der Waals surface area contributed by atoms with Crippen molar-refractivity contribution < 1.29 is 9.18 Å². The molecule has 0 atom stereocenters. The summed E-state index contributed by atoms with van der Waals surface area (Å²) in [5.41, 5.74) is 0.835. The van der Waals surface area contributed by atoms with Crippen LogP contribution in [-0.2, 0) is 0 Å². The number of hydrogen-bond donors (Lipinski definition) is 2. The highest BCUT2D eigenvalue weighted by Gasteiger charge is 2.14. The maximum absolute atomic E-state index is 13.5. The van der Waals surface area contributed by atoms with Crippen LogP contribution in [0.5, 0.6) is 0 Å². The Hall–Kier alpha value is -2.50. The first-order valence-electron chi connectivity index (χ1n) is 5.25. The van der Waals surface area contributed by atoms with E-state index in [1.165, 1.54) is 36.9 Å². The Kier molecular flexibility index (Phi) is 3.47. The second kappa shape index (κ2) is 5.22. The third-order valence-corrected chi connectivity index (χ3v) is 2.33. The Bertz CT molecular complexity index is 559. The largest absolute Gasteiger partial charge is 0.385 e. The van der Waals surface area contributed by atoms with Crippen molar-refractivity contribution in [3.63, 3.8) is 0 Å². The molecule has 1 heterocycles. The van der Waals surface area contributed by atoms with Crippen LogP contribution in [0.25, 0.3) is 0 Å². The lowest BCUT2D eigenvalue weighted by atomic mass is 10.1. The van der Waals surface area contributed by atoms with Crippen LogP contribution in [0.1, 0.15) is 10.4 Å². The van der Waals surface area contributed by atoms with Crippen molar-refractivity contribution in [1.29, 1.82) is 0 Å². The summed E-state index contributed by atoms with van der Waals surface area (Å²) in [4.78, 5) is 19.5. The smallest absolute Gasteiger partial charge is 0.257 e. The summed E-state index contributed by atoms with van der Waals surface area (Å²) in [7, 11) is 1.56. The third kappa shape index (κ3) is 2.42. The van der Waals surface area contributed by atoms with Crippen molar-refractivity contribution in [3.05, 3.63) is 48.3 Å². The molecule has 0 bridgehead atoms. The van der Waals surface area contributed by atoms with Gasteiger partial charge in [0.15, 0.2) is 0 Å². The SMILES string of the molecule is CNc1c(F)cccc1C(=O)Nc1cncnc1. The fourth-order valence-corrected chi connectivity index (χ4v) is 1.53. The number of amides is 1. The molecule has 0 saturated carbocycles. The molecule has 0 fully saturated rings. The molecule has 1 amide bonds. The van der Waals surface area contributed by atoms with Gasteiger partial charge in [-0.05, 0) is 12.1 Å². The van der Waals surface area contributed by atoms with Crippen LogP contribution in [0.2, 0.25) is 0 Å². The van der Waals surface area contributed by atoms with E-state index in [1.807, 2.05) is 0 Å². The number of carbonyl (C=O) groups excluding carboxylic acids is 1. The summed E-state index contributed by atoms with van der Waals surface area (Å²) in [5, 5.41) is 5.25. The fourth-order valence-electron chi connectivity index (χ4n) is 1.53. The van der Waals surface area contributed by atoms with Crippen LogP contribution in [0.3, 0.4) is 0 Å². The first-order valence-corrected chi connectivity index (χ1v) is 5.25. The molecule has 0 aliphatic heterocycles. The van der Waals surface area contributed by atoms with Crippen LogP contribution >= 0.6 is 0 Å². The zero-order valence-corrected chi connectivity index (χ0v) is 9.64. The van der Waals surface area contributed by atoms with E-state index >= 15 is 0 Å². The predicted molar refractivity (Wildman–Crippen MR) is 65.9 cm³/mol. The molecule has 0 radical (unpaired) electrons. The van der Waals surface area contributed by atoms with Gasteiger partial charge in [-0.1, -0.05) is 6.07 Å². The number of para-hydroxylation sites is 1. The Balaban J connectivity index is 2.27. The maximum Gasteiger partial charge on any atom is 0.257 e. The van der Waals surface area contributed by atoms with Crippen LogP contribution < -0.4 is 10.6 Å². The van der Waals surface area contributed by atoms with Gasteiger partial charge in [0, 0.05) is 7.05 Å². The number of aromatic nitrogens is 2. The Morgan fingerprint density at radius 1 is 1.28 bits per heavy atom. The minimum Gasteiger partial charge on any atom is -0.385 e. The maximum atomic E-state index is 13.5. The van der Waals surface area contributed by atoms with Crippen LogP contribution in [0, 0.1) is 5.82 Å². The Morgan fingerprint density at radius 3 is 2.67 bits per heavy atom. The van der Waals surface area contributed by atoms with Gasteiger partial charge < -0.3 is 10.6 Å². The second-order valence-corrected chi connectivity index (χ2v) is 3.49. The molecule has 2 rings (SSSR count). The number of nitrogens with one attached hydrogen (secondary N) is 2. The molecule has 1 aromatic heterocycles. The van der Waals surface area contributed by atoms with E-state index in [-0.39, 0.29) is 11.3 Å². The van der Waals surface area contributed by atoms with Crippen molar-refractivity contribution in [2.24, 2.45) is 0 Å². The summed E-state index contributed by atoms with van der Waals surface area (Å²) in [5.74, 6) is -0.900. The Morgan fingerprint density at radius 2 is 2.00 bits per heavy atom. The van der Waals surface area contributed by atoms with Gasteiger partial charge in [0.1, 0.15) is 12.1 Å². The van der Waals surface area contributed by atoms with Gasteiger partial charge in [-0.25, -0.2) is 14.4 Å². The van der Waals surface area contributed by atoms with Gasteiger partial charge in [-0.15, -0.1) is 0 Å². The lowest BCUT2D eigenvalue weighted by Crippen LogP contribution is -2.15. The van der Waals surface area contributed by atoms with Gasteiger partial charge in [-0.2, -0.15) is 0 Å². The highest BCUT2D eigenvalue weighted by atomic mass is 19.1. The zero-order valence-electron chi connectivity index (χ0n) is 9.64. The summed E-state index contributed by atoms with van der Waals surface area (Å²) < 4.78 is 13.5. The van der Waals surface area contributed by atoms with Gasteiger partial charge in [0.05, 0.1) is 29.3 Å². The van der Waals surface area contributed by atoms with E-state index < -0.39 is 11.7 Å². The Labute approximate surface area is 103 Å². The first-order chi connectivity index (χ1) is 8.72. The molecular weight excluding hydrogens is 235 g/mol. The number of halogens is 1. The minimum absolute atomic E-state index is 0.159. The van der Waals surface area contributed by atoms with Crippen molar-refractivity contribution >= 4 is 17.3 Å². The lowest BCUT2D eigenvalue weighted by Gasteiger charge is -2.10. The normalized spacial score (nSPS) is 9.89. The molecule has 6 heteroatoms. The van der Waals surface area contributed by atoms with Gasteiger partial charge >= 0.3 is 0 Å². The van der Waals surface area contributed by atoms with Crippen molar-refractivity contribution in [2.45, 2.75) is 0 Å². The van der Waals surface area contributed by atoms with E-state index in [0.717, 1.165) is 0 Å². The molecule has 0 aliphatic carbocycles. The molecule has 0 saturated heterocycles. The van der Waals surface area contributed by atoms with E-state index in [1.54, 1.807) is 7.05 Å². The quantitative estimate of drug-likeness (QED) is 0.868. The second-order valence-electron chi connectivity index (χ2n) is 3.49. The molecular formula is C12H11FN4O. The summed E-state index contributed by atoms with van der Waals surface area (Å²) in [6.45, 7) is 0. The summed E-state index contributed by atoms with van der Waals surface area (Å²) in [6.07, 6.45) is 4.28. The predicted octanol–water partition coefficient (Wildman–Crippen LogP) is 1.91. The molecule has 2 aromatic rings. The van der Waals surface area contributed by atoms with Gasteiger partial charge in [0.2, 0.25) is 0 Å². The van der Waals surface area contributed by atoms with E-state index in [0.29, 0.717) is 5.69 Å². The molecule has 18 heavy (non-hydrogen) atoms. The van der Waals surface area contributed by atoms with E-state index in [2.05, 4.69) is 20.6 Å². The van der Waals surface area contributed by atoms with Crippen LogP contribution in [0.4, 0.5) is 15.8 Å². The number of carbonyl (C=O) groups is 1. The molecule has 0 aliphatic rings. The highest BCUT2D eigenvalue weighted by Crippen LogP contribution is 2.20.